The van der Waals surface area contributed by atoms with Crippen molar-refractivity contribution in [1.29, 1.82) is 0 Å². The number of hydrogen-bond acceptors (Lipinski definition) is 3. The van der Waals surface area contributed by atoms with Crippen molar-refractivity contribution in [3.63, 3.8) is 0 Å². The van der Waals surface area contributed by atoms with Crippen LogP contribution in [0.3, 0.4) is 0 Å². The van der Waals surface area contributed by atoms with E-state index in [2.05, 4.69) is 5.32 Å². The number of benzene rings is 1. The van der Waals surface area contributed by atoms with Crippen LogP contribution in [0.15, 0.2) is 12.1 Å². The molecule has 2 saturated heterocycles. The van der Waals surface area contributed by atoms with E-state index >= 15 is 0 Å². The maximum absolute atomic E-state index is 14.3. The lowest BCUT2D eigenvalue weighted by Crippen LogP contribution is -2.41. The molecule has 2 amide bonds. The summed E-state index contributed by atoms with van der Waals surface area (Å²) in [7, 11) is 0. The maximum atomic E-state index is 14.3. The lowest BCUT2D eigenvalue weighted by Gasteiger charge is -2.31. The molecule has 5 nitrogen and oxygen atoms in total. The predicted molar refractivity (Wildman–Crippen MR) is 88.2 cm³/mol. The molecule has 0 radical (unpaired) electrons. The third-order valence-corrected chi connectivity index (χ3v) is 4.85. The van der Waals surface area contributed by atoms with E-state index in [1.54, 1.807) is 9.80 Å². The normalized spacial score (nSPS) is 19.0. The van der Waals surface area contributed by atoms with Gasteiger partial charge in [-0.3, -0.25) is 0 Å². The molecular weight excluding hydrogens is 316 g/mol. The van der Waals surface area contributed by atoms with Gasteiger partial charge in [0.05, 0.1) is 0 Å². The van der Waals surface area contributed by atoms with Crippen LogP contribution >= 0.6 is 0 Å². The molecule has 132 valence electrons. The third kappa shape index (κ3) is 3.61. The van der Waals surface area contributed by atoms with Gasteiger partial charge in [-0.05, 0) is 43.7 Å². The fraction of sp³-hybridized carbons (Fsp3) is 0.588. The van der Waals surface area contributed by atoms with Crippen LogP contribution in [0, 0.1) is 17.6 Å². The lowest BCUT2D eigenvalue weighted by molar-refractivity contribution is 0.143. The Morgan fingerprint density at radius 1 is 1.12 bits per heavy atom. The number of carbonyl (C=O) groups is 1. The minimum Gasteiger partial charge on any atom is -0.396 e. The number of nitrogens with one attached hydrogen (secondary N) is 1. The van der Waals surface area contributed by atoms with Gasteiger partial charge in [-0.2, -0.15) is 0 Å². The SMILES string of the molecule is O=C(Nc1cc(F)c(N2CCCC2)c(F)c1)N1CCC(CO)CC1. The molecule has 2 aliphatic heterocycles. The molecule has 2 heterocycles. The van der Waals surface area contributed by atoms with E-state index in [1.165, 1.54) is 12.1 Å². The van der Waals surface area contributed by atoms with Gasteiger partial charge in [0.2, 0.25) is 0 Å². The molecule has 0 aromatic heterocycles. The minimum atomic E-state index is -0.647. The second-order valence-corrected chi connectivity index (χ2v) is 6.53. The monoisotopic (exact) mass is 339 g/mol. The summed E-state index contributed by atoms with van der Waals surface area (Å²) in [4.78, 5) is 15.5. The predicted octanol–water partition coefficient (Wildman–Crippen LogP) is 2.80. The zero-order chi connectivity index (χ0) is 17.1. The average Bonchev–Trinajstić information content (AvgIpc) is 3.08. The topological polar surface area (TPSA) is 55.8 Å². The zero-order valence-corrected chi connectivity index (χ0v) is 13.6. The van der Waals surface area contributed by atoms with Crippen LogP contribution in [0.4, 0.5) is 25.0 Å². The van der Waals surface area contributed by atoms with Crippen LogP contribution < -0.4 is 10.2 Å². The molecule has 2 N–H and O–H groups in total. The van der Waals surface area contributed by atoms with Crippen molar-refractivity contribution in [1.82, 2.24) is 4.90 Å². The van der Waals surface area contributed by atoms with Crippen LogP contribution in [0.2, 0.25) is 0 Å². The van der Waals surface area contributed by atoms with Crippen molar-refractivity contribution in [3.05, 3.63) is 23.8 Å². The Labute approximate surface area is 140 Å². The first-order chi connectivity index (χ1) is 11.6. The molecule has 0 aliphatic carbocycles. The van der Waals surface area contributed by atoms with Crippen molar-refractivity contribution in [2.75, 3.05) is 43.0 Å². The van der Waals surface area contributed by atoms with E-state index in [0.29, 0.717) is 26.2 Å². The third-order valence-electron chi connectivity index (χ3n) is 4.85. The van der Waals surface area contributed by atoms with Gasteiger partial charge in [0.15, 0.2) is 11.6 Å². The Hall–Kier alpha value is -1.89. The number of piperidine rings is 1. The van der Waals surface area contributed by atoms with E-state index in [0.717, 1.165) is 25.7 Å². The molecule has 0 atom stereocenters. The number of nitrogens with zero attached hydrogens (tertiary/aromatic N) is 2. The van der Waals surface area contributed by atoms with E-state index in [-0.39, 0.29) is 29.9 Å². The summed E-state index contributed by atoms with van der Waals surface area (Å²) in [5, 5.41) is 11.7. The van der Waals surface area contributed by atoms with Crippen LogP contribution in [0.1, 0.15) is 25.7 Å². The summed E-state index contributed by atoms with van der Waals surface area (Å²) < 4.78 is 28.6. The molecule has 2 fully saturated rings. The van der Waals surface area contributed by atoms with Gasteiger partial charge in [0, 0.05) is 38.5 Å². The molecule has 0 bridgehead atoms. The molecular formula is C17H23F2N3O2. The van der Waals surface area contributed by atoms with E-state index < -0.39 is 11.6 Å². The van der Waals surface area contributed by atoms with Crippen LogP contribution in [-0.2, 0) is 0 Å². The Morgan fingerprint density at radius 3 is 2.25 bits per heavy atom. The number of rotatable bonds is 3. The van der Waals surface area contributed by atoms with Gasteiger partial charge in [0.25, 0.3) is 0 Å². The van der Waals surface area contributed by atoms with E-state index in [4.69, 9.17) is 5.11 Å². The van der Waals surface area contributed by atoms with Crippen molar-refractivity contribution in [2.45, 2.75) is 25.7 Å². The number of aliphatic hydroxyl groups is 1. The van der Waals surface area contributed by atoms with Gasteiger partial charge >= 0.3 is 6.03 Å². The van der Waals surface area contributed by atoms with Crippen molar-refractivity contribution in [3.8, 4) is 0 Å². The number of aliphatic hydroxyl groups excluding tert-OH is 1. The number of amides is 2. The fourth-order valence-electron chi connectivity index (χ4n) is 3.40. The van der Waals surface area contributed by atoms with Gasteiger partial charge < -0.3 is 20.2 Å². The summed E-state index contributed by atoms with van der Waals surface area (Å²) in [6, 6.07) is 1.99. The Balaban J connectivity index is 1.66. The van der Waals surface area contributed by atoms with E-state index in [1.807, 2.05) is 0 Å². The summed E-state index contributed by atoms with van der Waals surface area (Å²) in [5.74, 6) is -1.07. The van der Waals surface area contributed by atoms with Crippen molar-refractivity contribution >= 4 is 17.4 Å². The molecule has 1 aromatic carbocycles. The van der Waals surface area contributed by atoms with Crippen LogP contribution in [0.5, 0.6) is 0 Å². The number of hydrogen-bond donors (Lipinski definition) is 2. The summed E-state index contributed by atoms with van der Waals surface area (Å²) in [6.45, 7) is 2.50. The highest BCUT2D eigenvalue weighted by molar-refractivity contribution is 5.89. The van der Waals surface area contributed by atoms with Crippen molar-refractivity contribution < 1.29 is 18.7 Å². The van der Waals surface area contributed by atoms with Crippen molar-refractivity contribution in [2.24, 2.45) is 5.92 Å². The average molecular weight is 339 g/mol. The number of likely N-dealkylation sites (tertiary alicyclic amines) is 1. The second-order valence-electron chi connectivity index (χ2n) is 6.53. The number of urea groups is 1. The summed E-state index contributed by atoms with van der Waals surface area (Å²) >= 11 is 0. The Morgan fingerprint density at radius 2 is 1.71 bits per heavy atom. The van der Waals surface area contributed by atoms with E-state index in [9.17, 15) is 13.6 Å². The fourth-order valence-corrected chi connectivity index (χ4v) is 3.40. The first-order valence-electron chi connectivity index (χ1n) is 8.49. The molecule has 0 spiro atoms. The molecule has 0 unspecified atom stereocenters. The molecule has 1 aromatic rings. The molecule has 0 saturated carbocycles. The molecule has 24 heavy (non-hydrogen) atoms. The molecule has 3 rings (SSSR count). The van der Waals surface area contributed by atoms with Crippen LogP contribution in [0.25, 0.3) is 0 Å². The first kappa shape index (κ1) is 17.0. The standard InChI is InChI=1S/C17H23F2N3O2/c18-14-9-13(10-15(19)16(14)21-5-1-2-6-21)20-17(24)22-7-3-12(11-23)4-8-22/h9-10,12,23H,1-8,11H2,(H,20,24). The first-order valence-corrected chi connectivity index (χ1v) is 8.49. The van der Waals surface area contributed by atoms with Gasteiger partial charge in [-0.25, -0.2) is 13.6 Å². The quantitative estimate of drug-likeness (QED) is 0.890. The lowest BCUT2D eigenvalue weighted by atomic mass is 9.98. The number of halogens is 2. The van der Waals surface area contributed by atoms with Gasteiger partial charge in [-0.15, -0.1) is 0 Å². The van der Waals surface area contributed by atoms with Gasteiger partial charge in [-0.1, -0.05) is 0 Å². The highest BCUT2D eigenvalue weighted by Crippen LogP contribution is 2.30. The number of anilines is 2. The number of carbonyl (C=O) groups excluding carboxylic acids is 1. The Bertz CT molecular complexity index is 574. The smallest absolute Gasteiger partial charge is 0.321 e. The zero-order valence-electron chi connectivity index (χ0n) is 13.6. The largest absolute Gasteiger partial charge is 0.396 e. The van der Waals surface area contributed by atoms with Gasteiger partial charge in [0.1, 0.15) is 5.69 Å². The highest BCUT2D eigenvalue weighted by Gasteiger charge is 2.24. The maximum Gasteiger partial charge on any atom is 0.321 e. The summed E-state index contributed by atoms with van der Waals surface area (Å²) in [5.41, 5.74) is 0.122. The second kappa shape index (κ2) is 7.34. The Kier molecular flexibility index (Phi) is 5.18. The highest BCUT2D eigenvalue weighted by atomic mass is 19.1. The minimum absolute atomic E-state index is 0.00532. The molecule has 7 heteroatoms. The van der Waals surface area contributed by atoms with Crippen LogP contribution in [-0.4, -0.2) is 48.8 Å². The molecule has 2 aliphatic rings. The summed E-state index contributed by atoms with van der Waals surface area (Å²) in [6.07, 6.45) is 3.34.